The molecule has 5 heteroatoms. The smallest absolute Gasteiger partial charge is 0.244 e. The van der Waals surface area contributed by atoms with Crippen LogP contribution in [0.4, 0.5) is 0 Å². The Morgan fingerprint density at radius 2 is 2.53 bits per heavy atom. The third-order valence-corrected chi connectivity index (χ3v) is 3.08. The largest absolute Gasteiger partial charge is 0.361 e. The zero-order chi connectivity index (χ0) is 12.1. The Morgan fingerprint density at radius 3 is 3.18 bits per heavy atom. The molecular formula is C12H12N2O2S. The number of carbonyl (C=O) groups is 1. The van der Waals surface area contributed by atoms with Crippen molar-refractivity contribution in [3.8, 4) is 0 Å². The molecule has 0 aliphatic carbocycles. The number of hydrogen-bond acceptors (Lipinski definition) is 4. The summed E-state index contributed by atoms with van der Waals surface area (Å²) in [5.74, 6) is 0.603. The Hall–Kier alpha value is -1.88. The summed E-state index contributed by atoms with van der Waals surface area (Å²) in [5.41, 5.74) is 0.892. The van der Waals surface area contributed by atoms with Crippen LogP contribution in [0.3, 0.4) is 0 Å². The van der Waals surface area contributed by atoms with Gasteiger partial charge in [-0.2, -0.15) is 0 Å². The van der Waals surface area contributed by atoms with Crippen LogP contribution in [0.15, 0.2) is 34.3 Å². The highest BCUT2D eigenvalue weighted by atomic mass is 32.1. The van der Waals surface area contributed by atoms with Gasteiger partial charge in [0.05, 0.1) is 6.20 Å². The maximum Gasteiger partial charge on any atom is 0.244 e. The number of amides is 1. The molecule has 2 aromatic heterocycles. The molecule has 0 aromatic carbocycles. The van der Waals surface area contributed by atoms with E-state index in [0.29, 0.717) is 6.54 Å². The highest BCUT2D eigenvalue weighted by Gasteiger charge is 2.03. The number of nitrogens with one attached hydrogen (secondary N) is 1. The predicted molar refractivity (Wildman–Crippen MR) is 66.4 cm³/mol. The molecule has 0 radical (unpaired) electrons. The van der Waals surface area contributed by atoms with Crippen LogP contribution >= 0.6 is 11.3 Å². The summed E-state index contributed by atoms with van der Waals surface area (Å²) in [6, 6.07) is 3.90. The normalized spacial score (nSPS) is 10.9. The van der Waals surface area contributed by atoms with Gasteiger partial charge in [0.2, 0.25) is 5.91 Å². The molecular weight excluding hydrogens is 236 g/mol. The van der Waals surface area contributed by atoms with Crippen LogP contribution in [-0.2, 0) is 11.3 Å². The number of thiophene rings is 1. The SMILES string of the molecule is Cc1oncc1CNC(=O)C=Cc1cccs1. The first kappa shape index (κ1) is 11.6. The van der Waals surface area contributed by atoms with Gasteiger partial charge in [-0.1, -0.05) is 11.2 Å². The molecule has 17 heavy (non-hydrogen) atoms. The molecule has 1 N–H and O–H groups in total. The molecule has 4 nitrogen and oxygen atoms in total. The highest BCUT2D eigenvalue weighted by Crippen LogP contribution is 2.10. The van der Waals surface area contributed by atoms with Crippen LogP contribution in [0.5, 0.6) is 0 Å². The van der Waals surface area contributed by atoms with Gasteiger partial charge in [-0.25, -0.2) is 0 Å². The molecule has 0 atom stereocenters. The summed E-state index contributed by atoms with van der Waals surface area (Å²) < 4.78 is 4.90. The topological polar surface area (TPSA) is 55.1 Å². The van der Waals surface area contributed by atoms with E-state index in [1.165, 1.54) is 6.08 Å². The molecule has 0 fully saturated rings. The Kier molecular flexibility index (Phi) is 3.72. The van der Waals surface area contributed by atoms with Crippen LogP contribution in [0.2, 0.25) is 0 Å². The molecule has 2 rings (SSSR count). The summed E-state index contributed by atoms with van der Waals surface area (Å²) in [6.45, 7) is 2.25. The lowest BCUT2D eigenvalue weighted by Gasteiger charge is -1.98. The molecule has 0 aliphatic heterocycles. The zero-order valence-electron chi connectivity index (χ0n) is 9.34. The van der Waals surface area contributed by atoms with Crippen molar-refractivity contribution in [2.75, 3.05) is 0 Å². The third-order valence-electron chi connectivity index (χ3n) is 2.25. The van der Waals surface area contributed by atoms with Crippen molar-refractivity contribution < 1.29 is 9.32 Å². The Balaban J connectivity index is 1.84. The van der Waals surface area contributed by atoms with E-state index in [4.69, 9.17) is 4.52 Å². The van der Waals surface area contributed by atoms with Crippen molar-refractivity contribution in [3.05, 3.63) is 46.0 Å². The van der Waals surface area contributed by atoms with E-state index in [1.807, 2.05) is 24.4 Å². The molecule has 2 aromatic rings. The van der Waals surface area contributed by atoms with Crippen molar-refractivity contribution >= 4 is 23.3 Å². The van der Waals surface area contributed by atoms with E-state index < -0.39 is 0 Å². The molecule has 1 amide bonds. The van der Waals surface area contributed by atoms with Gasteiger partial charge >= 0.3 is 0 Å². The van der Waals surface area contributed by atoms with Crippen LogP contribution in [-0.4, -0.2) is 11.1 Å². The van der Waals surface area contributed by atoms with Gasteiger partial charge in [0.25, 0.3) is 0 Å². The van der Waals surface area contributed by atoms with E-state index in [-0.39, 0.29) is 5.91 Å². The molecule has 0 spiro atoms. The van der Waals surface area contributed by atoms with Gasteiger partial charge < -0.3 is 9.84 Å². The number of rotatable bonds is 4. The van der Waals surface area contributed by atoms with E-state index in [0.717, 1.165) is 16.2 Å². The van der Waals surface area contributed by atoms with E-state index in [9.17, 15) is 4.79 Å². The van der Waals surface area contributed by atoms with Crippen molar-refractivity contribution in [1.29, 1.82) is 0 Å². The zero-order valence-corrected chi connectivity index (χ0v) is 10.2. The lowest BCUT2D eigenvalue weighted by molar-refractivity contribution is -0.116. The molecule has 2 heterocycles. The van der Waals surface area contributed by atoms with Gasteiger partial charge in [-0.15, -0.1) is 11.3 Å². The average Bonchev–Trinajstić information content (AvgIpc) is 2.95. The Labute approximate surface area is 103 Å². The van der Waals surface area contributed by atoms with E-state index >= 15 is 0 Å². The van der Waals surface area contributed by atoms with Gasteiger partial charge in [0, 0.05) is 23.1 Å². The molecule has 88 valence electrons. The quantitative estimate of drug-likeness (QED) is 0.845. The molecule has 0 aliphatic rings. The van der Waals surface area contributed by atoms with Crippen molar-refractivity contribution in [2.45, 2.75) is 13.5 Å². The van der Waals surface area contributed by atoms with Gasteiger partial charge in [-0.3, -0.25) is 4.79 Å². The van der Waals surface area contributed by atoms with Crippen molar-refractivity contribution in [2.24, 2.45) is 0 Å². The minimum absolute atomic E-state index is 0.126. The second-order valence-corrected chi connectivity index (χ2v) is 4.45. The number of hydrogen-bond donors (Lipinski definition) is 1. The monoisotopic (exact) mass is 248 g/mol. The summed E-state index contributed by atoms with van der Waals surface area (Å²) in [4.78, 5) is 12.6. The van der Waals surface area contributed by atoms with E-state index in [2.05, 4.69) is 10.5 Å². The summed E-state index contributed by atoms with van der Waals surface area (Å²) in [5, 5.41) is 8.38. The second-order valence-electron chi connectivity index (χ2n) is 3.47. The Morgan fingerprint density at radius 1 is 1.65 bits per heavy atom. The fourth-order valence-electron chi connectivity index (χ4n) is 1.27. The third kappa shape index (κ3) is 3.29. The maximum absolute atomic E-state index is 11.5. The summed E-state index contributed by atoms with van der Waals surface area (Å²) >= 11 is 1.59. The highest BCUT2D eigenvalue weighted by molar-refractivity contribution is 7.10. The lowest BCUT2D eigenvalue weighted by Crippen LogP contribution is -2.20. The van der Waals surface area contributed by atoms with Gasteiger partial charge in [-0.05, 0) is 24.4 Å². The van der Waals surface area contributed by atoms with Crippen LogP contribution in [0.1, 0.15) is 16.2 Å². The summed E-state index contributed by atoms with van der Waals surface area (Å²) in [7, 11) is 0. The molecule has 0 saturated carbocycles. The predicted octanol–water partition coefficient (Wildman–Crippen LogP) is 2.37. The molecule has 0 bridgehead atoms. The first-order valence-electron chi connectivity index (χ1n) is 5.15. The minimum Gasteiger partial charge on any atom is -0.361 e. The Bertz CT molecular complexity index is 514. The fourth-order valence-corrected chi connectivity index (χ4v) is 1.89. The second kappa shape index (κ2) is 5.45. The fraction of sp³-hybridized carbons (Fsp3) is 0.167. The first-order valence-corrected chi connectivity index (χ1v) is 6.03. The summed E-state index contributed by atoms with van der Waals surface area (Å²) in [6.07, 6.45) is 4.92. The maximum atomic E-state index is 11.5. The van der Waals surface area contributed by atoms with Gasteiger partial charge in [0.1, 0.15) is 5.76 Å². The van der Waals surface area contributed by atoms with E-state index in [1.54, 1.807) is 23.6 Å². The van der Waals surface area contributed by atoms with Crippen LogP contribution in [0.25, 0.3) is 6.08 Å². The van der Waals surface area contributed by atoms with Crippen LogP contribution in [0, 0.1) is 6.92 Å². The molecule has 0 saturated heterocycles. The lowest BCUT2D eigenvalue weighted by atomic mass is 10.3. The average molecular weight is 248 g/mol. The number of aryl methyl sites for hydroxylation is 1. The van der Waals surface area contributed by atoms with Crippen molar-refractivity contribution in [3.63, 3.8) is 0 Å². The number of aromatic nitrogens is 1. The molecule has 0 unspecified atom stereocenters. The van der Waals surface area contributed by atoms with Crippen molar-refractivity contribution in [1.82, 2.24) is 10.5 Å². The number of nitrogens with zero attached hydrogens (tertiary/aromatic N) is 1. The number of carbonyl (C=O) groups excluding carboxylic acids is 1. The first-order chi connectivity index (χ1) is 8.25. The van der Waals surface area contributed by atoms with Crippen LogP contribution < -0.4 is 5.32 Å². The minimum atomic E-state index is -0.126. The standard InChI is InChI=1S/C12H12N2O2S/c1-9-10(8-14-16-9)7-13-12(15)5-4-11-3-2-6-17-11/h2-6,8H,7H2,1H3,(H,13,15). The van der Waals surface area contributed by atoms with Gasteiger partial charge in [0.15, 0.2) is 0 Å².